The van der Waals surface area contributed by atoms with E-state index in [0.717, 1.165) is 29.9 Å². The minimum atomic E-state index is -0.344. The molecule has 102 valence electrons. The molecule has 0 radical (unpaired) electrons. The van der Waals surface area contributed by atoms with Crippen LogP contribution in [0.4, 0.5) is 11.5 Å². The van der Waals surface area contributed by atoms with Gasteiger partial charge in [-0.2, -0.15) is 0 Å². The fourth-order valence-corrected chi connectivity index (χ4v) is 2.40. The Hall–Kier alpha value is -2.36. The van der Waals surface area contributed by atoms with Crippen LogP contribution < -0.4 is 10.6 Å². The van der Waals surface area contributed by atoms with Crippen LogP contribution in [0.25, 0.3) is 0 Å². The molecule has 3 rings (SSSR count). The molecule has 1 aromatic heterocycles. The van der Waals surface area contributed by atoms with Crippen molar-refractivity contribution in [2.24, 2.45) is 0 Å². The molecule has 20 heavy (non-hydrogen) atoms. The summed E-state index contributed by atoms with van der Waals surface area (Å²) in [4.78, 5) is 16.7. The van der Waals surface area contributed by atoms with Gasteiger partial charge >= 0.3 is 0 Å². The highest BCUT2D eigenvalue weighted by molar-refractivity contribution is 6.01. The van der Waals surface area contributed by atoms with E-state index in [1.54, 1.807) is 6.20 Å². The monoisotopic (exact) mass is 267 g/mol. The van der Waals surface area contributed by atoms with Gasteiger partial charge in [-0.3, -0.25) is 4.79 Å². The smallest absolute Gasteiger partial charge is 0.235 e. The van der Waals surface area contributed by atoms with Crippen LogP contribution in [0.5, 0.6) is 0 Å². The van der Waals surface area contributed by atoms with Crippen LogP contribution >= 0.6 is 0 Å². The van der Waals surface area contributed by atoms with Crippen molar-refractivity contribution in [1.29, 1.82) is 0 Å². The molecule has 2 N–H and O–H groups in total. The zero-order valence-corrected chi connectivity index (χ0v) is 11.4. The lowest BCUT2D eigenvalue weighted by atomic mass is 9.95. The van der Waals surface area contributed by atoms with Crippen LogP contribution in [-0.4, -0.2) is 17.9 Å². The summed E-state index contributed by atoms with van der Waals surface area (Å²) >= 11 is 0. The first-order valence-corrected chi connectivity index (χ1v) is 6.75. The molecule has 4 nitrogen and oxygen atoms in total. The van der Waals surface area contributed by atoms with Crippen LogP contribution in [0.1, 0.15) is 18.4 Å². The zero-order chi connectivity index (χ0) is 14.0. The topological polar surface area (TPSA) is 54.0 Å². The SMILES string of the molecule is CNc1ccc(NC(=O)C2(c3ccccc3)CC2)cn1. The van der Waals surface area contributed by atoms with Gasteiger partial charge < -0.3 is 10.6 Å². The van der Waals surface area contributed by atoms with Crippen molar-refractivity contribution in [3.63, 3.8) is 0 Å². The molecule has 0 unspecified atom stereocenters. The normalized spacial score (nSPS) is 15.4. The highest BCUT2D eigenvalue weighted by Gasteiger charge is 2.51. The summed E-state index contributed by atoms with van der Waals surface area (Å²) in [6.07, 6.45) is 3.49. The summed E-state index contributed by atoms with van der Waals surface area (Å²) in [6.45, 7) is 0. The van der Waals surface area contributed by atoms with E-state index >= 15 is 0 Å². The molecule has 1 amide bonds. The molecule has 0 bridgehead atoms. The first-order valence-electron chi connectivity index (χ1n) is 6.75. The van der Waals surface area contributed by atoms with E-state index in [4.69, 9.17) is 0 Å². The molecule has 2 aromatic rings. The zero-order valence-electron chi connectivity index (χ0n) is 11.4. The number of rotatable bonds is 4. The van der Waals surface area contributed by atoms with Gasteiger partial charge in [0.05, 0.1) is 17.3 Å². The number of amides is 1. The predicted molar refractivity (Wildman–Crippen MR) is 79.8 cm³/mol. The third-order valence-electron chi connectivity index (χ3n) is 3.79. The molecule has 4 heteroatoms. The number of pyridine rings is 1. The van der Waals surface area contributed by atoms with E-state index in [9.17, 15) is 4.79 Å². The van der Waals surface area contributed by atoms with Crippen molar-refractivity contribution >= 4 is 17.4 Å². The summed E-state index contributed by atoms with van der Waals surface area (Å²) in [5.41, 5.74) is 1.48. The number of nitrogens with zero attached hydrogens (tertiary/aromatic N) is 1. The highest BCUT2D eigenvalue weighted by Crippen LogP contribution is 2.48. The van der Waals surface area contributed by atoms with Crippen molar-refractivity contribution in [3.05, 3.63) is 54.2 Å². The molecule has 1 heterocycles. The van der Waals surface area contributed by atoms with Crippen molar-refractivity contribution in [1.82, 2.24) is 4.98 Å². The molecular formula is C16H17N3O. The first-order chi connectivity index (χ1) is 9.74. The minimum Gasteiger partial charge on any atom is -0.373 e. The van der Waals surface area contributed by atoms with Gasteiger partial charge in [0.1, 0.15) is 5.82 Å². The number of benzene rings is 1. The molecule has 1 aliphatic rings. The summed E-state index contributed by atoms with van der Waals surface area (Å²) in [5.74, 6) is 0.843. The fourth-order valence-electron chi connectivity index (χ4n) is 2.40. The average Bonchev–Trinajstić information content (AvgIpc) is 3.31. The fraction of sp³-hybridized carbons (Fsp3) is 0.250. The maximum atomic E-state index is 12.5. The average molecular weight is 267 g/mol. The first kappa shape index (κ1) is 12.7. The van der Waals surface area contributed by atoms with Gasteiger partial charge in [-0.1, -0.05) is 30.3 Å². The Morgan fingerprint density at radius 2 is 1.90 bits per heavy atom. The van der Waals surface area contributed by atoms with Gasteiger partial charge in [0.25, 0.3) is 0 Å². The maximum Gasteiger partial charge on any atom is 0.235 e. The number of nitrogens with one attached hydrogen (secondary N) is 2. The molecule has 0 aliphatic heterocycles. The summed E-state index contributed by atoms with van der Waals surface area (Å²) in [7, 11) is 1.81. The second-order valence-corrected chi connectivity index (χ2v) is 5.08. The number of hydrogen-bond acceptors (Lipinski definition) is 3. The lowest BCUT2D eigenvalue weighted by Crippen LogP contribution is -2.27. The largest absolute Gasteiger partial charge is 0.373 e. The summed E-state index contributed by atoms with van der Waals surface area (Å²) in [6, 6.07) is 13.7. The van der Waals surface area contributed by atoms with E-state index in [0.29, 0.717) is 0 Å². The quantitative estimate of drug-likeness (QED) is 0.895. The third kappa shape index (κ3) is 2.25. The van der Waals surface area contributed by atoms with E-state index in [1.165, 1.54) is 0 Å². The molecule has 1 fully saturated rings. The van der Waals surface area contributed by atoms with Crippen molar-refractivity contribution in [2.45, 2.75) is 18.3 Å². The second-order valence-electron chi connectivity index (χ2n) is 5.08. The Balaban J connectivity index is 1.76. The Morgan fingerprint density at radius 3 is 2.45 bits per heavy atom. The van der Waals surface area contributed by atoms with E-state index in [1.807, 2.05) is 49.5 Å². The van der Waals surface area contributed by atoms with Crippen molar-refractivity contribution < 1.29 is 4.79 Å². The van der Waals surface area contributed by atoms with Gasteiger partial charge in [0.15, 0.2) is 0 Å². The van der Waals surface area contributed by atoms with Gasteiger partial charge in [-0.05, 0) is 30.5 Å². The molecule has 0 atom stereocenters. The standard InChI is InChI=1S/C16H17N3O/c1-17-14-8-7-13(11-18-14)19-15(20)16(9-10-16)12-5-3-2-4-6-12/h2-8,11H,9-10H2,1H3,(H,17,18)(H,19,20). The minimum absolute atomic E-state index is 0.0581. The van der Waals surface area contributed by atoms with Gasteiger partial charge in [0, 0.05) is 7.05 Å². The van der Waals surface area contributed by atoms with Crippen molar-refractivity contribution in [2.75, 3.05) is 17.7 Å². The maximum absolute atomic E-state index is 12.5. The predicted octanol–water partition coefficient (Wildman–Crippen LogP) is 2.79. The van der Waals surface area contributed by atoms with Crippen LogP contribution in [0.15, 0.2) is 48.7 Å². The van der Waals surface area contributed by atoms with Gasteiger partial charge in [-0.15, -0.1) is 0 Å². The highest BCUT2D eigenvalue weighted by atomic mass is 16.2. The van der Waals surface area contributed by atoms with E-state index in [-0.39, 0.29) is 11.3 Å². The van der Waals surface area contributed by atoms with Crippen LogP contribution in [-0.2, 0) is 10.2 Å². The molecular weight excluding hydrogens is 250 g/mol. The molecule has 0 spiro atoms. The lowest BCUT2D eigenvalue weighted by Gasteiger charge is -2.15. The number of carbonyl (C=O) groups excluding carboxylic acids is 1. The number of aromatic nitrogens is 1. The third-order valence-corrected chi connectivity index (χ3v) is 3.79. The molecule has 0 saturated heterocycles. The number of carbonyl (C=O) groups is 1. The second kappa shape index (κ2) is 4.96. The van der Waals surface area contributed by atoms with Crippen LogP contribution in [0.2, 0.25) is 0 Å². The summed E-state index contributed by atoms with van der Waals surface area (Å²) in [5, 5.41) is 5.92. The van der Waals surface area contributed by atoms with E-state index in [2.05, 4.69) is 15.6 Å². The van der Waals surface area contributed by atoms with Crippen molar-refractivity contribution in [3.8, 4) is 0 Å². The van der Waals surface area contributed by atoms with E-state index < -0.39 is 0 Å². The lowest BCUT2D eigenvalue weighted by molar-refractivity contribution is -0.118. The van der Waals surface area contributed by atoms with Crippen LogP contribution in [0, 0.1) is 0 Å². The Kier molecular flexibility index (Phi) is 3.14. The van der Waals surface area contributed by atoms with Gasteiger partial charge in [-0.25, -0.2) is 4.98 Å². The molecule has 1 saturated carbocycles. The van der Waals surface area contributed by atoms with Gasteiger partial charge in [0.2, 0.25) is 5.91 Å². The Labute approximate surface area is 118 Å². The van der Waals surface area contributed by atoms with Crippen LogP contribution in [0.3, 0.4) is 0 Å². The number of anilines is 2. The Morgan fingerprint density at radius 1 is 1.15 bits per heavy atom. The molecule has 1 aromatic carbocycles. The number of hydrogen-bond donors (Lipinski definition) is 2. The summed E-state index contributed by atoms with van der Waals surface area (Å²) < 4.78 is 0. The Bertz CT molecular complexity index is 603. The molecule has 1 aliphatic carbocycles.